The Bertz CT molecular complexity index is 426. The van der Waals surface area contributed by atoms with E-state index in [0.717, 1.165) is 4.88 Å². The smallest absolute Gasteiger partial charge is 0.246 e. The van der Waals surface area contributed by atoms with Gasteiger partial charge in [-0.05, 0) is 17.5 Å². The molecule has 0 aromatic carbocycles. The molecule has 1 aromatic rings. The number of thiophene rings is 1. The van der Waals surface area contributed by atoms with E-state index in [1.165, 1.54) is 0 Å². The van der Waals surface area contributed by atoms with Crippen LogP contribution in [0.25, 0.3) is 6.08 Å². The van der Waals surface area contributed by atoms with E-state index in [9.17, 15) is 9.59 Å². The Morgan fingerprint density at radius 3 is 3.12 bits per heavy atom. The normalized spacial score (nSPS) is 16.9. The molecule has 1 aliphatic rings. The summed E-state index contributed by atoms with van der Waals surface area (Å²) in [6, 6.07) is 3.91. The highest BCUT2D eigenvalue weighted by molar-refractivity contribution is 7.10. The zero-order valence-electron chi connectivity index (χ0n) is 9.39. The van der Waals surface area contributed by atoms with Crippen LogP contribution in [-0.4, -0.2) is 36.3 Å². The first-order valence-corrected chi connectivity index (χ1v) is 6.41. The van der Waals surface area contributed by atoms with Gasteiger partial charge in [0.2, 0.25) is 11.8 Å². The van der Waals surface area contributed by atoms with Gasteiger partial charge in [0.15, 0.2) is 0 Å². The summed E-state index contributed by atoms with van der Waals surface area (Å²) >= 11 is 1.59. The summed E-state index contributed by atoms with van der Waals surface area (Å²) in [4.78, 5) is 25.7. The number of amides is 2. The first-order valence-electron chi connectivity index (χ1n) is 5.53. The van der Waals surface area contributed by atoms with Crippen LogP contribution in [0.1, 0.15) is 11.3 Å². The van der Waals surface area contributed by atoms with Crippen LogP contribution in [0.5, 0.6) is 0 Å². The SMILES string of the molecule is O=C1CCN(C(=O)/C=C/c2cccs2)CCN1. The van der Waals surface area contributed by atoms with E-state index >= 15 is 0 Å². The van der Waals surface area contributed by atoms with E-state index in [4.69, 9.17) is 0 Å². The summed E-state index contributed by atoms with van der Waals surface area (Å²) in [5, 5.41) is 4.72. The van der Waals surface area contributed by atoms with Crippen molar-refractivity contribution in [3.05, 3.63) is 28.5 Å². The summed E-state index contributed by atoms with van der Waals surface area (Å²) in [7, 11) is 0. The first kappa shape index (κ1) is 11.9. The third-order valence-electron chi connectivity index (χ3n) is 2.56. The fourth-order valence-corrected chi connectivity index (χ4v) is 2.25. The van der Waals surface area contributed by atoms with Gasteiger partial charge in [0.05, 0.1) is 0 Å². The molecule has 5 heteroatoms. The predicted molar refractivity (Wildman–Crippen MR) is 67.6 cm³/mol. The van der Waals surface area contributed by atoms with Gasteiger partial charge in [0.25, 0.3) is 0 Å². The van der Waals surface area contributed by atoms with Crippen LogP contribution in [0.2, 0.25) is 0 Å². The molecule has 0 saturated carbocycles. The summed E-state index contributed by atoms with van der Waals surface area (Å²) in [6.07, 6.45) is 3.77. The second-order valence-electron chi connectivity index (χ2n) is 3.77. The van der Waals surface area contributed by atoms with Crippen molar-refractivity contribution in [1.82, 2.24) is 10.2 Å². The Labute approximate surface area is 104 Å². The molecule has 1 aromatic heterocycles. The zero-order valence-corrected chi connectivity index (χ0v) is 10.2. The number of carbonyl (C=O) groups excluding carboxylic acids is 2. The molecule has 1 aliphatic heterocycles. The molecule has 1 fully saturated rings. The Hall–Kier alpha value is -1.62. The third kappa shape index (κ3) is 3.42. The van der Waals surface area contributed by atoms with Crippen LogP contribution in [0, 0.1) is 0 Å². The summed E-state index contributed by atoms with van der Waals surface area (Å²) < 4.78 is 0. The molecule has 0 radical (unpaired) electrons. The number of nitrogens with one attached hydrogen (secondary N) is 1. The molecular weight excluding hydrogens is 236 g/mol. The number of rotatable bonds is 2. The van der Waals surface area contributed by atoms with Gasteiger partial charge in [-0.15, -0.1) is 11.3 Å². The molecule has 2 amide bonds. The minimum Gasteiger partial charge on any atom is -0.354 e. The predicted octanol–water partition coefficient (Wildman–Crippen LogP) is 1.11. The number of nitrogens with zero attached hydrogens (tertiary/aromatic N) is 1. The van der Waals surface area contributed by atoms with Crippen molar-refractivity contribution in [2.45, 2.75) is 6.42 Å². The van der Waals surface area contributed by atoms with E-state index in [2.05, 4.69) is 5.32 Å². The van der Waals surface area contributed by atoms with Crippen LogP contribution in [-0.2, 0) is 9.59 Å². The van der Waals surface area contributed by atoms with Crippen molar-refractivity contribution < 1.29 is 9.59 Å². The van der Waals surface area contributed by atoms with E-state index in [-0.39, 0.29) is 11.8 Å². The number of hydrogen-bond acceptors (Lipinski definition) is 3. The van der Waals surface area contributed by atoms with E-state index < -0.39 is 0 Å². The fraction of sp³-hybridized carbons (Fsp3) is 0.333. The van der Waals surface area contributed by atoms with Crippen molar-refractivity contribution in [3.8, 4) is 0 Å². The Morgan fingerprint density at radius 1 is 1.47 bits per heavy atom. The maximum absolute atomic E-state index is 11.9. The van der Waals surface area contributed by atoms with Gasteiger partial charge in [0, 0.05) is 37.0 Å². The molecule has 1 N–H and O–H groups in total. The van der Waals surface area contributed by atoms with Crippen LogP contribution in [0.3, 0.4) is 0 Å². The largest absolute Gasteiger partial charge is 0.354 e. The highest BCUT2D eigenvalue weighted by Gasteiger charge is 2.16. The van der Waals surface area contributed by atoms with Gasteiger partial charge < -0.3 is 10.2 Å². The van der Waals surface area contributed by atoms with Crippen LogP contribution in [0.4, 0.5) is 0 Å². The van der Waals surface area contributed by atoms with Crippen molar-refractivity contribution in [2.75, 3.05) is 19.6 Å². The van der Waals surface area contributed by atoms with Gasteiger partial charge in [0.1, 0.15) is 0 Å². The molecule has 0 spiro atoms. The van der Waals surface area contributed by atoms with Gasteiger partial charge in [-0.3, -0.25) is 9.59 Å². The highest BCUT2D eigenvalue weighted by atomic mass is 32.1. The van der Waals surface area contributed by atoms with Gasteiger partial charge >= 0.3 is 0 Å². The third-order valence-corrected chi connectivity index (χ3v) is 3.40. The van der Waals surface area contributed by atoms with Crippen molar-refractivity contribution in [1.29, 1.82) is 0 Å². The van der Waals surface area contributed by atoms with Crippen LogP contribution >= 0.6 is 11.3 Å². The second kappa shape index (κ2) is 5.63. The van der Waals surface area contributed by atoms with Gasteiger partial charge in [-0.25, -0.2) is 0 Å². The zero-order chi connectivity index (χ0) is 12.1. The lowest BCUT2D eigenvalue weighted by molar-refractivity contribution is -0.125. The first-order chi connectivity index (χ1) is 8.25. The lowest BCUT2D eigenvalue weighted by Gasteiger charge is -2.16. The Balaban J connectivity index is 1.93. The quantitative estimate of drug-likeness (QED) is 0.799. The van der Waals surface area contributed by atoms with Gasteiger partial charge in [-0.2, -0.15) is 0 Å². The molecule has 4 nitrogen and oxygen atoms in total. The fourth-order valence-electron chi connectivity index (χ4n) is 1.63. The highest BCUT2D eigenvalue weighted by Crippen LogP contribution is 2.10. The average molecular weight is 250 g/mol. The van der Waals surface area contributed by atoms with Gasteiger partial charge in [-0.1, -0.05) is 6.07 Å². The van der Waals surface area contributed by atoms with Crippen LogP contribution in [0.15, 0.2) is 23.6 Å². The maximum Gasteiger partial charge on any atom is 0.246 e. The average Bonchev–Trinajstić information content (AvgIpc) is 2.74. The molecule has 17 heavy (non-hydrogen) atoms. The van der Waals surface area contributed by atoms with Crippen molar-refractivity contribution in [2.24, 2.45) is 0 Å². The van der Waals surface area contributed by atoms with Crippen molar-refractivity contribution >= 4 is 29.2 Å². The Kier molecular flexibility index (Phi) is 3.93. The van der Waals surface area contributed by atoms with E-state index in [0.29, 0.717) is 26.1 Å². The molecule has 2 rings (SSSR count). The lowest BCUT2D eigenvalue weighted by Crippen LogP contribution is -2.32. The number of hydrogen-bond donors (Lipinski definition) is 1. The minimum absolute atomic E-state index is 0.0162. The molecule has 1 saturated heterocycles. The van der Waals surface area contributed by atoms with Crippen molar-refractivity contribution in [3.63, 3.8) is 0 Å². The Morgan fingerprint density at radius 2 is 2.35 bits per heavy atom. The van der Waals surface area contributed by atoms with E-state index in [1.54, 1.807) is 22.3 Å². The van der Waals surface area contributed by atoms with E-state index in [1.807, 2.05) is 23.6 Å². The molecule has 2 heterocycles. The molecule has 0 aliphatic carbocycles. The molecule has 90 valence electrons. The topological polar surface area (TPSA) is 49.4 Å². The molecule has 0 bridgehead atoms. The second-order valence-corrected chi connectivity index (χ2v) is 4.75. The maximum atomic E-state index is 11.9. The summed E-state index contributed by atoms with van der Waals surface area (Å²) in [6.45, 7) is 1.62. The molecule has 0 unspecified atom stereocenters. The molecular formula is C12H14N2O2S. The monoisotopic (exact) mass is 250 g/mol. The lowest BCUT2D eigenvalue weighted by atomic mass is 10.3. The summed E-state index contributed by atoms with van der Waals surface area (Å²) in [5.41, 5.74) is 0. The minimum atomic E-state index is -0.0325. The van der Waals surface area contributed by atoms with Crippen LogP contribution < -0.4 is 5.32 Å². The molecule has 0 atom stereocenters. The summed E-state index contributed by atoms with van der Waals surface area (Å²) in [5.74, 6) is -0.0163. The number of carbonyl (C=O) groups is 2. The standard InChI is InChI=1S/C12H14N2O2S/c15-11-5-7-14(8-6-13-11)12(16)4-3-10-2-1-9-17-10/h1-4,9H,5-8H2,(H,13,15)/b4-3+.